The van der Waals surface area contributed by atoms with E-state index < -0.39 is 0 Å². The van der Waals surface area contributed by atoms with Crippen molar-refractivity contribution in [2.45, 2.75) is 44.8 Å². The Labute approximate surface area is 127 Å². The number of nitrogens with one attached hydrogen (secondary N) is 1. The van der Waals surface area contributed by atoms with Crippen LogP contribution in [0.5, 0.6) is 0 Å². The van der Waals surface area contributed by atoms with E-state index in [9.17, 15) is 0 Å². The minimum Gasteiger partial charge on any atom is -0.400 e. The van der Waals surface area contributed by atoms with Gasteiger partial charge in [-0.2, -0.15) is 0 Å². The molecular weight excluding hydrogens is 263 g/mol. The highest BCUT2D eigenvalue weighted by Crippen LogP contribution is 2.37. The van der Waals surface area contributed by atoms with Crippen LogP contribution in [0.2, 0.25) is 0 Å². The topological polar surface area (TPSA) is 43.4 Å². The number of nitrogens with zero attached hydrogens (tertiary/aromatic N) is 1. The van der Waals surface area contributed by atoms with E-state index in [4.69, 9.17) is 9.31 Å². The minimum absolute atomic E-state index is 0.291. The summed E-state index contributed by atoms with van der Waals surface area (Å²) in [7, 11) is -0.296. The van der Waals surface area contributed by atoms with Gasteiger partial charge in [-0.1, -0.05) is 12.1 Å². The van der Waals surface area contributed by atoms with Crippen molar-refractivity contribution in [1.29, 1.82) is 0 Å². The van der Waals surface area contributed by atoms with Crippen molar-refractivity contribution in [1.82, 2.24) is 10.3 Å². The van der Waals surface area contributed by atoms with Gasteiger partial charge >= 0.3 is 7.12 Å². The van der Waals surface area contributed by atoms with Crippen molar-refractivity contribution in [3.63, 3.8) is 0 Å². The van der Waals surface area contributed by atoms with Crippen molar-refractivity contribution >= 4 is 13.2 Å². The van der Waals surface area contributed by atoms with E-state index in [1.165, 1.54) is 11.1 Å². The summed E-state index contributed by atoms with van der Waals surface area (Å²) in [4.78, 5) is 4.25. The van der Waals surface area contributed by atoms with Crippen molar-refractivity contribution in [3.05, 3.63) is 35.6 Å². The lowest BCUT2D eigenvalue weighted by molar-refractivity contribution is 0.00578. The van der Waals surface area contributed by atoms with Gasteiger partial charge in [0.15, 0.2) is 0 Å². The third kappa shape index (κ3) is 2.78. The molecule has 0 saturated carbocycles. The molecule has 5 heteroatoms. The molecule has 0 bridgehead atoms. The Balaban J connectivity index is 1.76. The van der Waals surface area contributed by atoms with E-state index in [1.807, 2.05) is 18.4 Å². The smallest absolute Gasteiger partial charge is 0.400 e. The molecule has 1 aromatic heterocycles. The molecule has 0 atom stereocenters. The molecule has 0 aromatic carbocycles. The molecule has 3 heterocycles. The third-order valence-electron chi connectivity index (χ3n) is 4.81. The molecule has 0 aliphatic carbocycles. The number of pyridine rings is 1. The second-order valence-corrected chi connectivity index (χ2v) is 6.84. The van der Waals surface area contributed by atoms with Gasteiger partial charge in [0.25, 0.3) is 0 Å². The van der Waals surface area contributed by atoms with Crippen LogP contribution in [0.1, 0.15) is 44.7 Å². The van der Waals surface area contributed by atoms with Crippen LogP contribution in [-0.4, -0.2) is 36.4 Å². The van der Waals surface area contributed by atoms with Crippen LogP contribution in [0.4, 0.5) is 0 Å². The quantitative estimate of drug-likeness (QED) is 0.867. The fourth-order valence-electron chi connectivity index (χ4n) is 2.57. The lowest BCUT2D eigenvalue weighted by atomic mass is 9.86. The van der Waals surface area contributed by atoms with Gasteiger partial charge in [-0.3, -0.25) is 4.98 Å². The summed E-state index contributed by atoms with van der Waals surface area (Å²) in [6.45, 7) is 10.3. The van der Waals surface area contributed by atoms with Crippen molar-refractivity contribution in [2.24, 2.45) is 0 Å². The van der Waals surface area contributed by atoms with Crippen LogP contribution < -0.4 is 5.32 Å². The molecule has 2 saturated heterocycles. The second kappa shape index (κ2) is 5.23. The van der Waals surface area contributed by atoms with Crippen LogP contribution in [0.3, 0.4) is 0 Å². The van der Waals surface area contributed by atoms with Gasteiger partial charge in [0.05, 0.1) is 11.2 Å². The summed E-state index contributed by atoms with van der Waals surface area (Å²) in [5.74, 6) is 2.57. The number of hydrogen-bond donors (Lipinski definition) is 1. The Kier molecular flexibility index (Phi) is 3.68. The first-order chi connectivity index (χ1) is 9.89. The fourth-order valence-corrected chi connectivity index (χ4v) is 2.57. The predicted octanol–water partition coefficient (Wildman–Crippen LogP) is 2.41. The molecule has 0 spiro atoms. The largest absolute Gasteiger partial charge is 0.487 e. The van der Waals surface area contributed by atoms with Gasteiger partial charge in [0, 0.05) is 31.4 Å². The van der Waals surface area contributed by atoms with E-state index in [1.54, 1.807) is 0 Å². The lowest BCUT2D eigenvalue weighted by Crippen LogP contribution is -2.41. The Bertz CT molecular complexity index is 537. The zero-order chi connectivity index (χ0) is 15.1. The van der Waals surface area contributed by atoms with Crippen LogP contribution >= 0.6 is 0 Å². The molecule has 21 heavy (non-hydrogen) atoms. The Morgan fingerprint density at radius 2 is 1.90 bits per heavy atom. The SMILES string of the molecule is CC1(C)OB(/C=C/c2ccncc2C2CNC2)OC1(C)C. The number of aromatic nitrogens is 1. The summed E-state index contributed by atoms with van der Waals surface area (Å²) in [6, 6.07) is 2.05. The van der Waals surface area contributed by atoms with Gasteiger partial charge in [0.2, 0.25) is 0 Å². The molecule has 2 fully saturated rings. The highest BCUT2D eigenvalue weighted by molar-refractivity contribution is 6.52. The molecule has 3 rings (SSSR count). The van der Waals surface area contributed by atoms with E-state index in [-0.39, 0.29) is 18.3 Å². The Morgan fingerprint density at radius 1 is 1.24 bits per heavy atom. The third-order valence-corrected chi connectivity index (χ3v) is 4.81. The standard InChI is InChI=1S/C16H23BN2O2/c1-15(2)16(3,4)21-17(20-15)7-5-12-6-8-18-11-14(12)13-9-19-10-13/h5-8,11,13,19H,9-10H2,1-4H3/b7-5+. The number of hydrogen-bond acceptors (Lipinski definition) is 4. The first-order valence-corrected chi connectivity index (χ1v) is 7.57. The lowest BCUT2D eigenvalue weighted by Gasteiger charge is -2.32. The average molecular weight is 286 g/mol. The summed E-state index contributed by atoms with van der Waals surface area (Å²) in [5, 5.41) is 3.30. The molecule has 0 radical (unpaired) electrons. The molecule has 2 aliphatic rings. The summed E-state index contributed by atoms with van der Waals surface area (Å²) < 4.78 is 12.0. The van der Waals surface area contributed by atoms with Crippen LogP contribution in [0, 0.1) is 0 Å². The van der Waals surface area contributed by atoms with E-state index in [2.05, 4.69) is 50.1 Å². The van der Waals surface area contributed by atoms with Crippen molar-refractivity contribution in [3.8, 4) is 0 Å². The number of rotatable bonds is 3. The van der Waals surface area contributed by atoms with Gasteiger partial charge in [0.1, 0.15) is 0 Å². The van der Waals surface area contributed by atoms with E-state index in [0.29, 0.717) is 5.92 Å². The van der Waals surface area contributed by atoms with Gasteiger partial charge in [-0.05, 0) is 44.9 Å². The first kappa shape index (κ1) is 14.8. The predicted molar refractivity (Wildman–Crippen MR) is 85.0 cm³/mol. The maximum Gasteiger partial charge on any atom is 0.487 e. The Morgan fingerprint density at radius 3 is 2.48 bits per heavy atom. The second-order valence-electron chi connectivity index (χ2n) is 6.84. The maximum absolute atomic E-state index is 5.99. The highest BCUT2D eigenvalue weighted by Gasteiger charge is 2.50. The molecule has 0 amide bonds. The molecule has 0 unspecified atom stereocenters. The molecule has 112 valence electrons. The fraction of sp³-hybridized carbons (Fsp3) is 0.562. The molecule has 4 nitrogen and oxygen atoms in total. The van der Waals surface area contributed by atoms with Crippen LogP contribution in [0.25, 0.3) is 6.08 Å². The maximum atomic E-state index is 5.99. The average Bonchev–Trinajstić information content (AvgIpc) is 2.55. The monoisotopic (exact) mass is 286 g/mol. The molecular formula is C16H23BN2O2. The van der Waals surface area contributed by atoms with E-state index in [0.717, 1.165) is 13.1 Å². The summed E-state index contributed by atoms with van der Waals surface area (Å²) in [6.07, 6.45) is 5.90. The summed E-state index contributed by atoms with van der Waals surface area (Å²) >= 11 is 0. The molecule has 1 N–H and O–H groups in total. The van der Waals surface area contributed by atoms with Crippen molar-refractivity contribution in [2.75, 3.05) is 13.1 Å². The Hall–Kier alpha value is -1.17. The van der Waals surface area contributed by atoms with Crippen LogP contribution in [0.15, 0.2) is 24.4 Å². The van der Waals surface area contributed by atoms with Crippen molar-refractivity contribution < 1.29 is 9.31 Å². The van der Waals surface area contributed by atoms with Gasteiger partial charge in [-0.15, -0.1) is 0 Å². The first-order valence-electron chi connectivity index (χ1n) is 7.57. The summed E-state index contributed by atoms with van der Waals surface area (Å²) in [5.41, 5.74) is 1.91. The zero-order valence-corrected chi connectivity index (χ0v) is 13.2. The van der Waals surface area contributed by atoms with Gasteiger partial charge in [-0.25, -0.2) is 0 Å². The highest BCUT2D eigenvalue weighted by atomic mass is 16.7. The molecule has 1 aromatic rings. The van der Waals surface area contributed by atoms with Crippen LogP contribution in [-0.2, 0) is 9.31 Å². The van der Waals surface area contributed by atoms with Gasteiger partial charge < -0.3 is 14.6 Å². The minimum atomic E-state index is -0.296. The normalized spacial score (nSPS) is 24.5. The zero-order valence-electron chi connectivity index (χ0n) is 13.2. The molecule has 2 aliphatic heterocycles. The van der Waals surface area contributed by atoms with E-state index >= 15 is 0 Å².